The standard InChI is InChI=1S/C36H36/c1-23-9-13-31(27(5)19-23)35(32-14-10-24(2)20-28(32)6)17-18-36(33-15-11-25(3)21-29(33)7)34-16-12-26(4)22-30(34)8/h9-16,19-22H,1-8H3. The van der Waals surface area contributed by atoms with E-state index in [2.05, 4.69) is 140 Å². The summed E-state index contributed by atoms with van der Waals surface area (Å²) in [6, 6.07) is 26.6. The third kappa shape index (κ3) is 5.37. The maximum Gasteiger partial charge on any atom is 0.0399 e. The van der Waals surface area contributed by atoms with Crippen LogP contribution < -0.4 is 0 Å². The van der Waals surface area contributed by atoms with Crippen LogP contribution in [0.1, 0.15) is 66.8 Å². The zero-order chi connectivity index (χ0) is 26.0. The largest absolute Gasteiger partial charge is 0.0603 e. The summed E-state index contributed by atoms with van der Waals surface area (Å²) in [6.07, 6.45) is 0. The summed E-state index contributed by atoms with van der Waals surface area (Å²) < 4.78 is 0. The molecule has 0 aliphatic carbocycles. The van der Waals surface area contributed by atoms with E-state index in [1.807, 2.05) is 0 Å². The van der Waals surface area contributed by atoms with Crippen LogP contribution >= 0.6 is 0 Å². The Morgan fingerprint density at radius 1 is 0.361 bits per heavy atom. The molecule has 0 N–H and O–H groups in total. The molecule has 4 aromatic rings. The summed E-state index contributed by atoms with van der Waals surface area (Å²) in [4.78, 5) is 0. The van der Waals surface area contributed by atoms with E-state index in [9.17, 15) is 0 Å². The topological polar surface area (TPSA) is 0 Å². The van der Waals surface area contributed by atoms with Gasteiger partial charge in [-0.15, -0.1) is 0 Å². The van der Waals surface area contributed by atoms with Crippen molar-refractivity contribution in [3.63, 3.8) is 0 Å². The van der Waals surface area contributed by atoms with Gasteiger partial charge in [0.2, 0.25) is 0 Å². The van der Waals surface area contributed by atoms with E-state index in [-0.39, 0.29) is 0 Å². The normalized spacial score (nSPS) is 10.6. The van der Waals surface area contributed by atoms with E-state index in [0.717, 1.165) is 11.1 Å². The number of hydrogen-bond acceptors (Lipinski definition) is 0. The second-order valence-electron chi connectivity index (χ2n) is 10.3. The van der Waals surface area contributed by atoms with E-state index in [4.69, 9.17) is 0 Å². The van der Waals surface area contributed by atoms with Gasteiger partial charge in [-0.1, -0.05) is 107 Å². The van der Waals surface area contributed by atoms with Crippen LogP contribution in [0.15, 0.2) is 84.3 Å². The molecule has 0 atom stereocenters. The molecule has 0 fully saturated rings. The van der Waals surface area contributed by atoms with E-state index in [0.29, 0.717) is 0 Å². The van der Waals surface area contributed by atoms with Gasteiger partial charge in [0.05, 0.1) is 0 Å². The summed E-state index contributed by atoms with van der Waals surface area (Å²) >= 11 is 0. The highest BCUT2D eigenvalue weighted by Gasteiger charge is 2.13. The van der Waals surface area contributed by atoms with Gasteiger partial charge in [0, 0.05) is 11.1 Å². The second-order valence-corrected chi connectivity index (χ2v) is 10.3. The molecule has 0 saturated heterocycles. The second kappa shape index (κ2) is 10.4. The quantitative estimate of drug-likeness (QED) is 0.262. The number of hydrogen-bond donors (Lipinski definition) is 0. The van der Waals surface area contributed by atoms with Gasteiger partial charge in [-0.05, 0) is 99.9 Å². The molecule has 0 bridgehead atoms. The molecule has 4 rings (SSSR count). The van der Waals surface area contributed by atoms with E-state index in [1.54, 1.807) is 0 Å². The Hall–Kier alpha value is -3.82. The fourth-order valence-corrected chi connectivity index (χ4v) is 5.06. The minimum absolute atomic E-state index is 1.08. The van der Waals surface area contributed by atoms with Crippen molar-refractivity contribution < 1.29 is 0 Å². The van der Waals surface area contributed by atoms with E-state index >= 15 is 0 Å². The molecule has 0 unspecified atom stereocenters. The molecule has 0 aliphatic heterocycles. The van der Waals surface area contributed by atoms with Crippen LogP contribution in [0.25, 0.3) is 11.1 Å². The molecule has 0 nitrogen and oxygen atoms in total. The molecule has 36 heavy (non-hydrogen) atoms. The van der Waals surface area contributed by atoms with Crippen molar-refractivity contribution in [1.29, 1.82) is 0 Å². The lowest BCUT2D eigenvalue weighted by molar-refractivity contribution is 1.32. The third-order valence-electron chi connectivity index (χ3n) is 6.92. The Labute approximate surface area is 217 Å². The van der Waals surface area contributed by atoms with Crippen molar-refractivity contribution >= 4 is 11.1 Å². The Morgan fingerprint density at radius 2 is 0.583 bits per heavy atom. The zero-order valence-electron chi connectivity index (χ0n) is 22.9. The molecule has 0 spiro atoms. The predicted octanol–water partition coefficient (Wildman–Crippen LogP) is 9.47. The molecule has 0 heterocycles. The van der Waals surface area contributed by atoms with E-state index in [1.165, 1.54) is 66.8 Å². The Morgan fingerprint density at radius 3 is 0.778 bits per heavy atom. The number of benzene rings is 4. The lowest BCUT2D eigenvalue weighted by Crippen LogP contribution is -1.96. The highest BCUT2D eigenvalue weighted by Crippen LogP contribution is 2.31. The van der Waals surface area contributed by atoms with Crippen LogP contribution in [0, 0.1) is 55.4 Å². The molecular weight excluding hydrogens is 432 g/mol. The first-order valence-corrected chi connectivity index (χ1v) is 12.7. The van der Waals surface area contributed by atoms with Gasteiger partial charge in [0.1, 0.15) is 0 Å². The van der Waals surface area contributed by atoms with E-state index < -0.39 is 0 Å². The van der Waals surface area contributed by atoms with Gasteiger partial charge in [0.15, 0.2) is 0 Å². The van der Waals surface area contributed by atoms with Gasteiger partial charge < -0.3 is 0 Å². The summed E-state index contributed by atoms with van der Waals surface area (Å²) in [5, 5.41) is 0. The molecule has 0 amide bonds. The SMILES string of the molecule is Cc1ccc(C(=C=C=C(c2ccc(C)cc2C)c2ccc(C)cc2C)c2ccc(C)cc2C)c(C)c1. The van der Waals surface area contributed by atoms with Gasteiger partial charge in [-0.25, -0.2) is 0 Å². The Balaban J connectivity index is 2.15. The summed E-state index contributed by atoms with van der Waals surface area (Å²) in [6.45, 7) is 17.3. The van der Waals surface area contributed by atoms with Crippen LogP contribution in [0.2, 0.25) is 0 Å². The first-order chi connectivity index (χ1) is 17.1. The lowest BCUT2D eigenvalue weighted by atomic mass is 9.89. The summed E-state index contributed by atoms with van der Waals surface area (Å²) in [5.74, 6) is 0. The molecule has 180 valence electrons. The summed E-state index contributed by atoms with van der Waals surface area (Å²) in [7, 11) is 0. The molecular formula is C36H36. The highest BCUT2D eigenvalue weighted by atomic mass is 14.2. The van der Waals surface area contributed by atoms with Crippen LogP contribution in [-0.4, -0.2) is 0 Å². The van der Waals surface area contributed by atoms with Crippen LogP contribution in [0.4, 0.5) is 0 Å². The molecule has 0 aromatic heterocycles. The van der Waals surface area contributed by atoms with Crippen molar-refractivity contribution in [2.45, 2.75) is 55.4 Å². The van der Waals surface area contributed by atoms with Crippen LogP contribution in [-0.2, 0) is 0 Å². The minimum Gasteiger partial charge on any atom is -0.0603 e. The fraction of sp³-hybridized carbons (Fsp3) is 0.222. The van der Waals surface area contributed by atoms with Gasteiger partial charge in [-0.3, -0.25) is 0 Å². The van der Waals surface area contributed by atoms with Gasteiger partial charge >= 0.3 is 0 Å². The predicted molar refractivity (Wildman–Crippen MR) is 156 cm³/mol. The first-order valence-electron chi connectivity index (χ1n) is 12.7. The van der Waals surface area contributed by atoms with Crippen LogP contribution in [0.5, 0.6) is 0 Å². The molecule has 0 radical (unpaired) electrons. The minimum atomic E-state index is 1.08. The fourth-order valence-electron chi connectivity index (χ4n) is 5.06. The van der Waals surface area contributed by atoms with Gasteiger partial charge in [0.25, 0.3) is 0 Å². The highest BCUT2D eigenvalue weighted by molar-refractivity contribution is 5.86. The number of rotatable bonds is 4. The average molecular weight is 469 g/mol. The number of aryl methyl sites for hydroxylation is 8. The van der Waals surface area contributed by atoms with Gasteiger partial charge in [-0.2, -0.15) is 0 Å². The maximum atomic E-state index is 3.68. The van der Waals surface area contributed by atoms with Crippen molar-refractivity contribution in [3.8, 4) is 0 Å². The third-order valence-corrected chi connectivity index (χ3v) is 6.92. The molecule has 4 aromatic carbocycles. The Bertz CT molecular complexity index is 1340. The lowest BCUT2D eigenvalue weighted by Gasteiger charge is -2.14. The zero-order valence-corrected chi connectivity index (χ0v) is 22.9. The van der Waals surface area contributed by atoms with Crippen molar-refractivity contribution in [1.82, 2.24) is 0 Å². The van der Waals surface area contributed by atoms with Crippen molar-refractivity contribution in [3.05, 3.63) is 151 Å². The van der Waals surface area contributed by atoms with Crippen LogP contribution in [0.3, 0.4) is 0 Å². The average Bonchev–Trinajstić information content (AvgIpc) is 2.79. The maximum absolute atomic E-state index is 3.68. The molecule has 0 aliphatic rings. The summed E-state index contributed by atoms with van der Waals surface area (Å²) in [5.41, 5.74) is 24.4. The smallest absolute Gasteiger partial charge is 0.0399 e. The Kier molecular flexibility index (Phi) is 7.32. The monoisotopic (exact) mass is 468 g/mol. The first kappa shape index (κ1) is 25.3. The molecule has 0 saturated carbocycles. The molecule has 0 heteroatoms. The van der Waals surface area contributed by atoms with Crippen molar-refractivity contribution in [2.75, 3.05) is 0 Å². The van der Waals surface area contributed by atoms with Crippen molar-refractivity contribution in [2.24, 2.45) is 0 Å².